The summed E-state index contributed by atoms with van der Waals surface area (Å²) in [4.78, 5) is 17.9. The van der Waals surface area contributed by atoms with Gasteiger partial charge in [-0.3, -0.25) is 9.36 Å². The Labute approximate surface area is 136 Å². The van der Waals surface area contributed by atoms with E-state index in [-0.39, 0.29) is 5.56 Å². The minimum atomic E-state index is -0.0734. The van der Waals surface area contributed by atoms with Crippen LogP contribution in [0, 0.1) is 0 Å². The van der Waals surface area contributed by atoms with Crippen molar-refractivity contribution in [2.45, 2.75) is 0 Å². The Bertz CT molecular complexity index is 870. The maximum Gasteiger partial charge on any atom is 0.264 e. The van der Waals surface area contributed by atoms with Crippen LogP contribution in [0.1, 0.15) is 0 Å². The first-order valence-electron chi connectivity index (χ1n) is 6.80. The normalized spacial score (nSPS) is 11.0. The highest BCUT2D eigenvalue weighted by Crippen LogP contribution is 2.31. The average Bonchev–Trinajstić information content (AvgIpc) is 2.94. The molecule has 1 aromatic carbocycles. The minimum Gasteiger partial charge on any atom is -0.354 e. The number of rotatable bonds is 4. The monoisotopic (exact) mass is 334 g/mol. The molecule has 0 saturated carbocycles. The van der Waals surface area contributed by atoms with Crippen molar-refractivity contribution in [2.24, 2.45) is 12.8 Å². The molecule has 7 heteroatoms. The van der Waals surface area contributed by atoms with Crippen molar-refractivity contribution in [3.05, 3.63) is 45.0 Å². The van der Waals surface area contributed by atoms with E-state index in [2.05, 4.69) is 10.3 Å². The molecular weight excluding hydrogens is 320 g/mol. The summed E-state index contributed by atoms with van der Waals surface area (Å²) in [5.74, 6) is 0.535. The van der Waals surface area contributed by atoms with Crippen molar-refractivity contribution in [3.8, 4) is 11.1 Å². The highest BCUT2D eigenvalue weighted by molar-refractivity contribution is 7.17. The zero-order chi connectivity index (χ0) is 15.7. The van der Waals surface area contributed by atoms with Crippen LogP contribution in [0.15, 0.2) is 34.4 Å². The molecule has 114 valence electrons. The van der Waals surface area contributed by atoms with Crippen molar-refractivity contribution in [3.63, 3.8) is 0 Å². The molecule has 3 N–H and O–H groups in total. The summed E-state index contributed by atoms with van der Waals surface area (Å²) in [5, 5.41) is 6.32. The Hall–Kier alpha value is -1.89. The number of nitrogens with two attached hydrogens (primary N) is 1. The van der Waals surface area contributed by atoms with Gasteiger partial charge in [-0.25, -0.2) is 4.98 Å². The van der Waals surface area contributed by atoms with Gasteiger partial charge >= 0.3 is 0 Å². The van der Waals surface area contributed by atoms with Crippen LogP contribution >= 0.6 is 22.9 Å². The fourth-order valence-corrected chi connectivity index (χ4v) is 3.32. The number of nitrogens with zero attached hydrogens (tertiary/aromatic N) is 2. The van der Waals surface area contributed by atoms with Gasteiger partial charge in [0.1, 0.15) is 4.83 Å². The smallest absolute Gasteiger partial charge is 0.264 e. The highest BCUT2D eigenvalue weighted by Gasteiger charge is 2.15. The Balaban J connectivity index is 2.17. The van der Waals surface area contributed by atoms with Crippen LogP contribution in [-0.2, 0) is 7.05 Å². The van der Waals surface area contributed by atoms with Crippen LogP contribution in [0.3, 0.4) is 0 Å². The fraction of sp³-hybridized carbons (Fsp3) is 0.200. The van der Waals surface area contributed by atoms with Gasteiger partial charge in [0.2, 0.25) is 5.95 Å². The third-order valence-corrected chi connectivity index (χ3v) is 4.52. The summed E-state index contributed by atoms with van der Waals surface area (Å²) in [6.07, 6.45) is 0. The molecule has 0 bridgehead atoms. The summed E-state index contributed by atoms with van der Waals surface area (Å²) in [6.45, 7) is 1.05. The van der Waals surface area contributed by atoms with Gasteiger partial charge in [-0.1, -0.05) is 23.7 Å². The van der Waals surface area contributed by atoms with Gasteiger partial charge in [0, 0.05) is 36.1 Å². The van der Waals surface area contributed by atoms with Crippen molar-refractivity contribution < 1.29 is 0 Å². The molecule has 5 nitrogen and oxygen atoms in total. The second kappa shape index (κ2) is 6.08. The molecule has 0 radical (unpaired) electrons. The van der Waals surface area contributed by atoms with Crippen LogP contribution < -0.4 is 16.6 Å². The molecule has 0 aliphatic rings. The second-order valence-electron chi connectivity index (χ2n) is 4.85. The van der Waals surface area contributed by atoms with E-state index in [1.807, 2.05) is 29.6 Å². The molecule has 0 spiro atoms. The van der Waals surface area contributed by atoms with E-state index in [1.54, 1.807) is 7.05 Å². The third-order valence-electron chi connectivity index (χ3n) is 3.40. The second-order valence-corrected chi connectivity index (χ2v) is 6.15. The van der Waals surface area contributed by atoms with E-state index in [9.17, 15) is 4.79 Å². The van der Waals surface area contributed by atoms with Crippen LogP contribution in [0.5, 0.6) is 0 Å². The van der Waals surface area contributed by atoms with Gasteiger partial charge in [0.05, 0.1) is 5.39 Å². The molecule has 22 heavy (non-hydrogen) atoms. The Morgan fingerprint density at radius 1 is 1.36 bits per heavy atom. The van der Waals surface area contributed by atoms with Gasteiger partial charge in [-0.15, -0.1) is 11.3 Å². The van der Waals surface area contributed by atoms with E-state index in [0.29, 0.717) is 34.3 Å². The predicted molar refractivity (Wildman–Crippen MR) is 92.9 cm³/mol. The highest BCUT2D eigenvalue weighted by atomic mass is 35.5. The Kier molecular flexibility index (Phi) is 4.15. The van der Waals surface area contributed by atoms with Gasteiger partial charge in [-0.05, 0) is 17.7 Å². The lowest BCUT2D eigenvalue weighted by Gasteiger charge is -2.09. The quantitative estimate of drug-likeness (QED) is 0.769. The Morgan fingerprint density at radius 3 is 2.77 bits per heavy atom. The molecular formula is C15H15ClN4OS. The molecule has 3 rings (SSSR count). The van der Waals surface area contributed by atoms with Gasteiger partial charge in [-0.2, -0.15) is 0 Å². The number of nitrogens with one attached hydrogen (secondary N) is 1. The van der Waals surface area contributed by atoms with Crippen molar-refractivity contribution in [2.75, 3.05) is 18.4 Å². The molecule has 3 aromatic rings. The Morgan fingerprint density at radius 2 is 2.09 bits per heavy atom. The van der Waals surface area contributed by atoms with Crippen molar-refractivity contribution >= 4 is 39.1 Å². The summed E-state index contributed by atoms with van der Waals surface area (Å²) in [7, 11) is 1.71. The lowest BCUT2D eigenvalue weighted by molar-refractivity contribution is 0.837. The maximum atomic E-state index is 12.7. The standard InChI is InChI=1S/C15H15ClN4OS/c1-20-14(21)12-11(9-2-4-10(16)5-3-9)8-22-13(12)19-15(20)18-7-6-17/h2-5,8H,6-7,17H2,1H3,(H,18,19). The van der Waals surface area contributed by atoms with Crippen molar-refractivity contribution in [1.82, 2.24) is 9.55 Å². The molecule has 0 fully saturated rings. The molecule has 0 aliphatic carbocycles. The van der Waals surface area contributed by atoms with E-state index < -0.39 is 0 Å². The molecule has 0 amide bonds. The number of halogens is 1. The molecule has 2 heterocycles. The molecule has 0 saturated heterocycles. The summed E-state index contributed by atoms with van der Waals surface area (Å²) in [6, 6.07) is 7.44. The first kappa shape index (κ1) is 15.0. The summed E-state index contributed by atoms with van der Waals surface area (Å²) in [5.41, 5.74) is 7.25. The molecule has 0 aliphatic heterocycles. The average molecular weight is 335 g/mol. The van der Waals surface area contributed by atoms with E-state index in [1.165, 1.54) is 15.9 Å². The molecule has 2 aromatic heterocycles. The molecule has 0 unspecified atom stereocenters. The van der Waals surface area contributed by atoms with Crippen LogP contribution in [0.2, 0.25) is 5.02 Å². The summed E-state index contributed by atoms with van der Waals surface area (Å²) >= 11 is 7.38. The zero-order valence-electron chi connectivity index (χ0n) is 12.0. The van der Waals surface area contributed by atoms with E-state index in [0.717, 1.165) is 11.1 Å². The number of benzene rings is 1. The number of hydrogen-bond donors (Lipinski definition) is 2. The lowest BCUT2D eigenvalue weighted by atomic mass is 10.1. The lowest BCUT2D eigenvalue weighted by Crippen LogP contribution is -2.24. The third kappa shape index (κ3) is 2.61. The first-order chi connectivity index (χ1) is 10.6. The maximum absolute atomic E-state index is 12.7. The number of aromatic nitrogens is 2. The van der Waals surface area contributed by atoms with E-state index in [4.69, 9.17) is 17.3 Å². The SMILES string of the molecule is Cn1c(NCCN)nc2scc(-c3ccc(Cl)cc3)c2c1=O. The zero-order valence-corrected chi connectivity index (χ0v) is 13.5. The van der Waals surface area contributed by atoms with Gasteiger partial charge < -0.3 is 11.1 Å². The number of hydrogen-bond acceptors (Lipinski definition) is 5. The topological polar surface area (TPSA) is 72.9 Å². The minimum absolute atomic E-state index is 0.0734. The van der Waals surface area contributed by atoms with Crippen LogP contribution in [0.4, 0.5) is 5.95 Å². The fourth-order valence-electron chi connectivity index (χ4n) is 2.26. The number of anilines is 1. The molecule has 0 atom stereocenters. The van der Waals surface area contributed by atoms with E-state index >= 15 is 0 Å². The van der Waals surface area contributed by atoms with Gasteiger partial charge in [0.25, 0.3) is 5.56 Å². The number of thiophene rings is 1. The number of fused-ring (bicyclic) bond motifs is 1. The van der Waals surface area contributed by atoms with Gasteiger partial charge in [0.15, 0.2) is 0 Å². The van der Waals surface area contributed by atoms with Crippen molar-refractivity contribution in [1.29, 1.82) is 0 Å². The largest absolute Gasteiger partial charge is 0.354 e. The first-order valence-corrected chi connectivity index (χ1v) is 8.05. The van der Waals surface area contributed by atoms with Crippen LogP contribution in [-0.4, -0.2) is 22.6 Å². The predicted octanol–water partition coefficient (Wildman–Crippen LogP) is 2.69. The summed E-state index contributed by atoms with van der Waals surface area (Å²) < 4.78 is 1.52. The van der Waals surface area contributed by atoms with Crippen LogP contribution in [0.25, 0.3) is 21.3 Å².